The first-order valence-electron chi connectivity index (χ1n) is 7.50. The Bertz CT molecular complexity index is 646. The van der Waals surface area contributed by atoms with Gasteiger partial charge in [-0.25, -0.2) is 0 Å². The van der Waals surface area contributed by atoms with Crippen molar-refractivity contribution in [2.75, 3.05) is 0 Å². The topological polar surface area (TPSA) is 49.3 Å². The summed E-state index contributed by atoms with van der Waals surface area (Å²) in [6.07, 6.45) is 1.32. The van der Waals surface area contributed by atoms with Gasteiger partial charge < -0.3 is 10.4 Å². The van der Waals surface area contributed by atoms with Gasteiger partial charge in [0.05, 0.1) is 0 Å². The number of carbonyl (C=O) groups is 1. The Morgan fingerprint density at radius 3 is 2.61 bits per heavy atom. The zero-order chi connectivity index (χ0) is 16.7. The van der Waals surface area contributed by atoms with Gasteiger partial charge in [0.15, 0.2) is 0 Å². The van der Waals surface area contributed by atoms with Crippen LogP contribution in [0.5, 0.6) is 5.75 Å². The van der Waals surface area contributed by atoms with E-state index < -0.39 is 0 Å². The molecule has 0 radical (unpaired) electrons. The summed E-state index contributed by atoms with van der Waals surface area (Å²) < 4.78 is 1.01. The fourth-order valence-electron chi connectivity index (χ4n) is 2.07. The van der Waals surface area contributed by atoms with Crippen molar-refractivity contribution in [2.45, 2.75) is 36.5 Å². The van der Waals surface area contributed by atoms with Gasteiger partial charge in [-0.15, -0.1) is 11.8 Å². The quantitative estimate of drug-likeness (QED) is 0.668. The lowest BCUT2D eigenvalue weighted by Crippen LogP contribution is -2.23. The summed E-state index contributed by atoms with van der Waals surface area (Å²) in [7, 11) is 0. The minimum absolute atomic E-state index is 0.0684. The normalized spacial score (nSPS) is 11.9. The highest BCUT2D eigenvalue weighted by Gasteiger charge is 2.09. The highest BCUT2D eigenvalue weighted by molar-refractivity contribution is 9.10. The predicted octanol–water partition coefficient (Wildman–Crippen LogP) is 4.73. The van der Waals surface area contributed by atoms with Crippen LogP contribution < -0.4 is 5.32 Å². The van der Waals surface area contributed by atoms with Gasteiger partial charge in [-0.05, 0) is 42.3 Å². The van der Waals surface area contributed by atoms with Gasteiger partial charge in [-0.1, -0.05) is 41.1 Å². The van der Waals surface area contributed by atoms with Crippen LogP contribution in [0, 0.1) is 0 Å². The Morgan fingerprint density at radius 1 is 1.22 bits per heavy atom. The van der Waals surface area contributed by atoms with E-state index in [0.29, 0.717) is 18.2 Å². The molecule has 2 N–H and O–H groups in total. The number of nitrogens with one attached hydrogen (secondary N) is 1. The van der Waals surface area contributed by atoms with Crippen LogP contribution in [-0.2, 0) is 11.3 Å². The molecule has 2 aromatic carbocycles. The lowest BCUT2D eigenvalue weighted by molar-refractivity contribution is -0.121. The molecule has 0 saturated heterocycles. The summed E-state index contributed by atoms with van der Waals surface area (Å²) in [5.41, 5.74) is 1.08. The maximum absolute atomic E-state index is 12.0. The monoisotopic (exact) mass is 393 g/mol. The molecule has 3 nitrogen and oxygen atoms in total. The molecule has 2 rings (SSSR count). The zero-order valence-electron chi connectivity index (χ0n) is 13.0. The van der Waals surface area contributed by atoms with Crippen LogP contribution in [0.4, 0.5) is 0 Å². The molecule has 122 valence electrons. The van der Waals surface area contributed by atoms with Crippen molar-refractivity contribution < 1.29 is 9.90 Å². The van der Waals surface area contributed by atoms with E-state index in [-0.39, 0.29) is 11.7 Å². The number of hydrogen-bond acceptors (Lipinski definition) is 3. The van der Waals surface area contributed by atoms with Crippen LogP contribution in [0.2, 0.25) is 0 Å². The smallest absolute Gasteiger partial charge is 0.220 e. The Kier molecular flexibility index (Phi) is 6.99. The first-order chi connectivity index (χ1) is 11.0. The summed E-state index contributed by atoms with van der Waals surface area (Å²) in [5, 5.41) is 12.6. The number of rotatable bonds is 7. The molecule has 0 aliphatic rings. The van der Waals surface area contributed by atoms with E-state index in [0.717, 1.165) is 21.4 Å². The molecule has 0 spiro atoms. The second-order valence-electron chi connectivity index (χ2n) is 5.33. The van der Waals surface area contributed by atoms with E-state index in [1.165, 1.54) is 0 Å². The number of thioether (sulfide) groups is 1. The molecule has 0 aromatic heterocycles. The van der Waals surface area contributed by atoms with E-state index in [1.54, 1.807) is 23.9 Å². The van der Waals surface area contributed by atoms with Crippen LogP contribution in [0.1, 0.15) is 25.3 Å². The Labute approximate surface area is 149 Å². The first kappa shape index (κ1) is 17.9. The fourth-order valence-corrected chi connectivity index (χ4v) is 3.49. The fraction of sp³-hybridized carbons (Fsp3) is 0.278. The lowest BCUT2D eigenvalue weighted by atomic mass is 10.2. The second kappa shape index (κ2) is 8.99. The largest absolute Gasteiger partial charge is 0.508 e. The van der Waals surface area contributed by atoms with Crippen molar-refractivity contribution in [3.63, 3.8) is 0 Å². The molecule has 0 heterocycles. The number of phenolic OH excluding ortho intramolecular Hbond substituents is 1. The van der Waals surface area contributed by atoms with Gasteiger partial charge in [0, 0.05) is 27.6 Å². The molecule has 1 unspecified atom stereocenters. The minimum Gasteiger partial charge on any atom is -0.508 e. The van der Waals surface area contributed by atoms with Crippen molar-refractivity contribution in [1.82, 2.24) is 5.32 Å². The van der Waals surface area contributed by atoms with E-state index in [2.05, 4.69) is 28.2 Å². The molecule has 0 aliphatic heterocycles. The Balaban J connectivity index is 1.71. The molecular weight excluding hydrogens is 374 g/mol. The molecule has 1 atom stereocenters. The van der Waals surface area contributed by atoms with Gasteiger partial charge in [0.25, 0.3) is 0 Å². The Hall–Kier alpha value is -1.46. The maximum Gasteiger partial charge on any atom is 0.220 e. The average Bonchev–Trinajstić information content (AvgIpc) is 2.54. The number of phenols is 1. The van der Waals surface area contributed by atoms with E-state index in [4.69, 9.17) is 0 Å². The first-order valence-corrected chi connectivity index (χ1v) is 9.17. The van der Waals surface area contributed by atoms with Crippen LogP contribution in [0.3, 0.4) is 0 Å². The number of carbonyl (C=O) groups excluding carboxylic acids is 1. The van der Waals surface area contributed by atoms with Crippen LogP contribution >= 0.6 is 27.7 Å². The van der Waals surface area contributed by atoms with Crippen LogP contribution in [0.15, 0.2) is 57.9 Å². The third-order valence-corrected chi connectivity index (χ3v) is 5.34. The van der Waals surface area contributed by atoms with Gasteiger partial charge in [-0.2, -0.15) is 0 Å². The van der Waals surface area contributed by atoms with Crippen molar-refractivity contribution in [3.8, 4) is 5.75 Å². The molecule has 2 aromatic rings. The molecule has 0 aliphatic carbocycles. The van der Waals surface area contributed by atoms with Crippen LogP contribution in [-0.4, -0.2) is 16.3 Å². The molecule has 1 amide bonds. The van der Waals surface area contributed by atoms with Crippen LogP contribution in [0.25, 0.3) is 0 Å². The van der Waals surface area contributed by atoms with Crippen molar-refractivity contribution in [2.24, 2.45) is 0 Å². The van der Waals surface area contributed by atoms with E-state index in [9.17, 15) is 9.90 Å². The summed E-state index contributed by atoms with van der Waals surface area (Å²) in [5.74, 6) is 0.340. The van der Waals surface area contributed by atoms with Crippen molar-refractivity contribution in [1.29, 1.82) is 0 Å². The molecule has 5 heteroatoms. The SMILES string of the molecule is CC(CCC(=O)NCc1ccccc1Br)Sc1ccc(O)cc1. The molecular formula is C18H20BrNO2S. The number of aromatic hydroxyl groups is 1. The number of halogens is 1. The molecule has 23 heavy (non-hydrogen) atoms. The number of amides is 1. The van der Waals surface area contributed by atoms with Gasteiger partial charge >= 0.3 is 0 Å². The molecule has 0 fully saturated rings. The summed E-state index contributed by atoms with van der Waals surface area (Å²) >= 11 is 5.19. The third-order valence-electron chi connectivity index (χ3n) is 3.39. The minimum atomic E-state index is 0.0684. The predicted molar refractivity (Wildman–Crippen MR) is 98.6 cm³/mol. The van der Waals surface area contributed by atoms with E-state index in [1.807, 2.05) is 36.4 Å². The zero-order valence-corrected chi connectivity index (χ0v) is 15.4. The van der Waals surface area contributed by atoms with Crippen molar-refractivity contribution >= 4 is 33.6 Å². The maximum atomic E-state index is 12.0. The summed E-state index contributed by atoms with van der Waals surface area (Å²) in [4.78, 5) is 13.1. The van der Waals surface area contributed by atoms with Crippen molar-refractivity contribution in [3.05, 3.63) is 58.6 Å². The average molecular weight is 394 g/mol. The third kappa shape index (κ3) is 6.28. The van der Waals surface area contributed by atoms with Gasteiger partial charge in [0.1, 0.15) is 5.75 Å². The number of hydrogen-bond donors (Lipinski definition) is 2. The lowest BCUT2D eigenvalue weighted by Gasteiger charge is -2.12. The van der Waals surface area contributed by atoms with Gasteiger partial charge in [-0.3, -0.25) is 4.79 Å². The summed E-state index contributed by atoms with van der Waals surface area (Å²) in [6.45, 7) is 2.65. The highest BCUT2D eigenvalue weighted by atomic mass is 79.9. The van der Waals surface area contributed by atoms with Gasteiger partial charge in [0.2, 0.25) is 5.91 Å². The summed E-state index contributed by atoms with van der Waals surface area (Å²) in [6, 6.07) is 15.0. The number of benzene rings is 2. The molecule has 0 saturated carbocycles. The van der Waals surface area contributed by atoms with E-state index >= 15 is 0 Å². The molecule has 0 bridgehead atoms. The standard InChI is InChI=1S/C18H20BrNO2S/c1-13(23-16-9-7-15(21)8-10-16)6-11-18(22)20-12-14-4-2-3-5-17(14)19/h2-5,7-10,13,21H,6,11-12H2,1H3,(H,20,22). The highest BCUT2D eigenvalue weighted by Crippen LogP contribution is 2.27. The Morgan fingerprint density at radius 2 is 1.91 bits per heavy atom. The second-order valence-corrected chi connectivity index (χ2v) is 7.70.